The van der Waals surface area contributed by atoms with Crippen molar-refractivity contribution in [1.29, 1.82) is 0 Å². The van der Waals surface area contributed by atoms with Crippen molar-refractivity contribution in [2.24, 2.45) is 0 Å². The van der Waals surface area contributed by atoms with Gasteiger partial charge < -0.3 is 19.6 Å². The SMILES string of the molecule is CC(NC(=O)c1ccccc1SCc1occc1C(=O)O)C1CCCO1. The fourth-order valence-corrected chi connectivity index (χ4v) is 3.94. The summed E-state index contributed by atoms with van der Waals surface area (Å²) in [5.41, 5.74) is 0.706. The molecule has 26 heavy (non-hydrogen) atoms. The number of carboxylic acid groups (broad SMARTS) is 1. The van der Waals surface area contributed by atoms with Gasteiger partial charge in [0, 0.05) is 11.5 Å². The molecule has 1 aromatic heterocycles. The van der Waals surface area contributed by atoms with Crippen LogP contribution in [0.3, 0.4) is 0 Å². The Bertz CT molecular complexity index is 782. The number of hydrogen-bond acceptors (Lipinski definition) is 5. The predicted molar refractivity (Wildman–Crippen MR) is 97.6 cm³/mol. The molecule has 6 nitrogen and oxygen atoms in total. The zero-order chi connectivity index (χ0) is 18.5. The summed E-state index contributed by atoms with van der Waals surface area (Å²) >= 11 is 1.37. The summed E-state index contributed by atoms with van der Waals surface area (Å²) in [6.45, 7) is 2.69. The largest absolute Gasteiger partial charge is 0.478 e. The Balaban J connectivity index is 1.68. The highest BCUT2D eigenvalue weighted by atomic mass is 32.2. The smallest absolute Gasteiger partial charge is 0.339 e. The molecule has 0 spiro atoms. The van der Waals surface area contributed by atoms with Gasteiger partial charge in [0.1, 0.15) is 11.3 Å². The van der Waals surface area contributed by atoms with E-state index in [1.165, 1.54) is 24.1 Å². The van der Waals surface area contributed by atoms with Crippen molar-refractivity contribution in [3.05, 3.63) is 53.5 Å². The number of aromatic carboxylic acids is 1. The van der Waals surface area contributed by atoms with Crippen LogP contribution in [0.5, 0.6) is 0 Å². The molecular weight excluding hydrogens is 354 g/mol. The van der Waals surface area contributed by atoms with E-state index in [4.69, 9.17) is 14.3 Å². The summed E-state index contributed by atoms with van der Waals surface area (Å²) in [6.07, 6.45) is 3.39. The summed E-state index contributed by atoms with van der Waals surface area (Å²) in [7, 11) is 0. The van der Waals surface area contributed by atoms with Gasteiger partial charge >= 0.3 is 5.97 Å². The minimum atomic E-state index is -1.02. The second-order valence-electron chi connectivity index (χ2n) is 6.16. The highest BCUT2D eigenvalue weighted by Gasteiger charge is 2.25. The number of furan rings is 1. The van der Waals surface area contributed by atoms with Crippen LogP contribution >= 0.6 is 11.8 Å². The lowest BCUT2D eigenvalue weighted by Crippen LogP contribution is -2.41. The summed E-state index contributed by atoms with van der Waals surface area (Å²) in [4.78, 5) is 24.6. The first kappa shape index (κ1) is 18.5. The van der Waals surface area contributed by atoms with Crippen molar-refractivity contribution in [2.45, 2.75) is 42.6 Å². The van der Waals surface area contributed by atoms with E-state index in [2.05, 4.69) is 5.32 Å². The average molecular weight is 375 g/mol. The molecule has 2 atom stereocenters. The lowest BCUT2D eigenvalue weighted by atomic mass is 10.1. The normalized spacial score (nSPS) is 17.8. The van der Waals surface area contributed by atoms with Crippen LogP contribution in [-0.2, 0) is 10.5 Å². The van der Waals surface area contributed by atoms with Gasteiger partial charge in [0.2, 0.25) is 0 Å². The van der Waals surface area contributed by atoms with E-state index in [0.29, 0.717) is 17.1 Å². The lowest BCUT2D eigenvalue weighted by molar-refractivity contribution is 0.0693. The highest BCUT2D eigenvalue weighted by Crippen LogP contribution is 2.28. The molecule has 2 unspecified atom stereocenters. The zero-order valence-corrected chi connectivity index (χ0v) is 15.3. The molecule has 1 aliphatic rings. The van der Waals surface area contributed by atoms with E-state index in [1.807, 2.05) is 25.1 Å². The Hall–Kier alpha value is -2.25. The fourth-order valence-electron chi connectivity index (χ4n) is 2.94. The van der Waals surface area contributed by atoms with Gasteiger partial charge in [0.25, 0.3) is 5.91 Å². The van der Waals surface area contributed by atoms with Crippen LogP contribution in [0.15, 0.2) is 45.9 Å². The van der Waals surface area contributed by atoms with E-state index >= 15 is 0 Å². The maximum absolute atomic E-state index is 12.7. The van der Waals surface area contributed by atoms with Crippen LogP contribution in [0.2, 0.25) is 0 Å². The van der Waals surface area contributed by atoms with E-state index in [-0.39, 0.29) is 23.6 Å². The third-order valence-electron chi connectivity index (χ3n) is 4.35. The second-order valence-corrected chi connectivity index (χ2v) is 7.18. The van der Waals surface area contributed by atoms with Crippen LogP contribution in [0, 0.1) is 0 Å². The molecule has 1 saturated heterocycles. The Labute approximate surface area is 155 Å². The molecule has 0 aliphatic carbocycles. The molecule has 7 heteroatoms. The molecule has 3 rings (SSSR count). The predicted octanol–water partition coefficient (Wildman–Crippen LogP) is 3.57. The number of carboxylic acids is 1. The van der Waals surface area contributed by atoms with Crippen molar-refractivity contribution in [2.75, 3.05) is 6.61 Å². The molecule has 1 aromatic carbocycles. The van der Waals surface area contributed by atoms with Crippen molar-refractivity contribution in [3.8, 4) is 0 Å². The number of rotatable bonds is 7. The quantitative estimate of drug-likeness (QED) is 0.719. The number of hydrogen-bond donors (Lipinski definition) is 2. The number of carbonyl (C=O) groups is 2. The van der Waals surface area contributed by atoms with Gasteiger partial charge in [0.15, 0.2) is 0 Å². The van der Waals surface area contributed by atoms with Gasteiger partial charge in [-0.2, -0.15) is 0 Å². The van der Waals surface area contributed by atoms with Gasteiger partial charge in [-0.25, -0.2) is 4.79 Å². The third-order valence-corrected chi connectivity index (χ3v) is 5.42. The maximum atomic E-state index is 12.7. The van der Waals surface area contributed by atoms with Crippen LogP contribution in [0.4, 0.5) is 0 Å². The van der Waals surface area contributed by atoms with E-state index in [9.17, 15) is 9.59 Å². The van der Waals surface area contributed by atoms with Crippen molar-refractivity contribution in [3.63, 3.8) is 0 Å². The number of benzene rings is 1. The molecule has 2 N–H and O–H groups in total. The fraction of sp³-hybridized carbons (Fsp3) is 0.368. The topological polar surface area (TPSA) is 88.8 Å². The number of amides is 1. The van der Waals surface area contributed by atoms with E-state index in [0.717, 1.165) is 24.3 Å². The summed E-state index contributed by atoms with van der Waals surface area (Å²) in [5.74, 6) is -0.467. The Morgan fingerprint density at radius 1 is 1.31 bits per heavy atom. The molecule has 0 radical (unpaired) electrons. The Morgan fingerprint density at radius 2 is 2.12 bits per heavy atom. The van der Waals surface area contributed by atoms with Crippen molar-refractivity contribution >= 4 is 23.6 Å². The minimum absolute atomic E-state index is 0.0556. The van der Waals surface area contributed by atoms with Crippen molar-refractivity contribution in [1.82, 2.24) is 5.32 Å². The monoisotopic (exact) mass is 375 g/mol. The molecule has 1 fully saturated rings. The molecular formula is C19H21NO5S. The Morgan fingerprint density at radius 3 is 2.85 bits per heavy atom. The highest BCUT2D eigenvalue weighted by molar-refractivity contribution is 7.98. The molecule has 0 bridgehead atoms. The lowest BCUT2D eigenvalue weighted by Gasteiger charge is -2.20. The molecule has 1 aliphatic heterocycles. The van der Waals surface area contributed by atoms with Crippen LogP contribution in [-0.4, -0.2) is 35.7 Å². The molecule has 2 heterocycles. The van der Waals surface area contributed by atoms with E-state index in [1.54, 1.807) is 6.07 Å². The van der Waals surface area contributed by atoms with E-state index < -0.39 is 5.97 Å². The number of ether oxygens (including phenoxy) is 1. The summed E-state index contributed by atoms with van der Waals surface area (Å²) in [5, 5.41) is 12.2. The van der Waals surface area contributed by atoms with Crippen LogP contribution < -0.4 is 5.32 Å². The molecule has 0 saturated carbocycles. The van der Waals surface area contributed by atoms with Crippen LogP contribution in [0.25, 0.3) is 0 Å². The Kier molecular flexibility index (Phi) is 6.00. The maximum Gasteiger partial charge on any atom is 0.339 e. The zero-order valence-electron chi connectivity index (χ0n) is 14.4. The van der Waals surface area contributed by atoms with Crippen LogP contribution in [0.1, 0.15) is 46.2 Å². The minimum Gasteiger partial charge on any atom is -0.478 e. The van der Waals surface area contributed by atoms with Gasteiger partial charge in [-0.15, -0.1) is 11.8 Å². The first-order chi connectivity index (χ1) is 12.6. The van der Waals surface area contributed by atoms with Gasteiger partial charge in [0.05, 0.1) is 29.7 Å². The first-order valence-electron chi connectivity index (χ1n) is 8.50. The number of carbonyl (C=O) groups excluding carboxylic acids is 1. The van der Waals surface area contributed by atoms with Crippen molar-refractivity contribution < 1.29 is 23.8 Å². The van der Waals surface area contributed by atoms with Gasteiger partial charge in [-0.1, -0.05) is 12.1 Å². The van der Waals surface area contributed by atoms with Gasteiger partial charge in [-0.3, -0.25) is 4.79 Å². The standard InChI is InChI=1S/C19H21NO5S/c1-12(15-6-4-9-24-15)20-18(21)14-5-2-3-7-17(14)26-11-16-13(19(22)23)8-10-25-16/h2-3,5,7-8,10,12,15H,4,6,9,11H2,1H3,(H,20,21)(H,22,23). The molecule has 2 aromatic rings. The summed E-state index contributed by atoms with van der Waals surface area (Å²) in [6, 6.07) is 8.64. The number of thioether (sulfide) groups is 1. The second kappa shape index (κ2) is 8.42. The third kappa shape index (κ3) is 4.28. The molecule has 1 amide bonds. The first-order valence-corrected chi connectivity index (χ1v) is 9.48. The van der Waals surface area contributed by atoms with Gasteiger partial charge in [-0.05, 0) is 38.0 Å². The average Bonchev–Trinajstić information content (AvgIpc) is 3.31. The number of nitrogens with one attached hydrogen (secondary N) is 1. The summed E-state index contributed by atoms with van der Waals surface area (Å²) < 4.78 is 10.9. The molecule has 138 valence electrons.